The lowest BCUT2D eigenvalue weighted by Gasteiger charge is -2.18. The lowest BCUT2D eigenvalue weighted by molar-refractivity contribution is 0.492. The minimum atomic E-state index is -0.378. The number of nitrogens with zero attached hydrogens (tertiary/aromatic N) is 3. The molecule has 102 valence electrons. The van der Waals surface area contributed by atoms with Crippen LogP contribution < -0.4 is 5.32 Å². The average Bonchev–Trinajstić information content (AvgIpc) is 2.78. The standard InChI is InChI=1S/C13H16ClFN4/c1-3-16-11(7-12-17-8-18-19(12)2)9-5-4-6-10(14)13(9)15/h4-6,8,11,16H,3,7H2,1-2H3. The Bertz CT molecular complexity index is 555. The van der Waals surface area contributed by atoms with Crippen LogP contribution in [-0.4, -0.2) is 21.3 Å². The molecule has 6 heteroatoms. The Morgan fingerprint density at radius 2 is 2.26 bits per heavy atom. The maximum Gasteiger partial charge on any atom is 0.146 e. The largest absolute Gasteiger partial charge is 0.310 e. The molecule has 1 aromatic heterocycles. The molecule has 2 rings (SSSR count). The molecule has 19 heavy (non-hydrogen) atoms. The van der Waals surface area contributed by atoms with Crippen LogP contribution in [0.1, 0.15) is 24.4 Å². The van der Waals surface area contributed by atoms with Gasteiger partial charge in [0.1, 0.15) is 18.0 Å². The monoisotopic (exact) mass is 282 g/mol. The van der Waals surface area contributed by atoms with E-state index in [2.05, 4.69) is 15.4 Å². The molecule has 0 aliphatic heterocycles. The molecule has 0 saturated carbocycles. The summed E-state index contributed by atoms with van der Waals surface area (Å²) in [5, 5.41) is 7.41. The van der Waals surface area contributed by atoms with Gasteiger partial charge < -0.3 is 5.32 Å². The first-order chi connectivity index (χ1) is 9.13. The first kappa shape index (κ1) is 14.0. The van der Waals surface area contributed by atoms with Crippen molar-refractivity contribution in [3.63, 3.8) is 0 Å². The van der Waals surface area contributed by atoms with E-state index in [1.807, 2.05) is 14.0 Å². The van der Waals surface area contributed by atoms with Crippen molar-refractivity contribution in [2.45, 2.75) is 19.4 Å². The van der Waals surface area contributed by atoms with Crippen LogP contribution in [0.5, 0.6) is 0 Å². The minimum Gasteiger partial charge on any atom is -0.310 e. The van der Waals surface area contributed by atoms with E-state index in [1.165, 1.54) is 6.33 Å². The summed E-state index contributed by atoms with van der Waals surface area (Å²) in [5.74, 6) is 0.419. The number of nitrogens with one attached hydrogen (secondary N) is 1. The number of aryl methyl sites for hydroxylation is 1. The van der Waals surface area contributed by atoms with Crippen molar-refractivity contribution in [1.29, 1.82) is 0 Å². The number of aromatic nitrogens is 3. The van der Waals surface area contributed by atoms with Gasteiger partial charge in [-0.25, -0.2) is 9.37 Å². The van der Waals surface area contributed by atoms with Gasteiger partial charge in [-0.3, -0.25) is 4.68 Å². The minimum absolute atomic E-state index is 0.137. The zero-order valence-corrected chi connectivity index (χ0v) is 11.7. The van der Waals surface area contributed by atoms with Crippen LogP contribution in [0.4, 0.5) is 4.39 Å². The SMILES string of the molecule is CCNC(Cc1ncnn1C)c1cccc(Cl)c1F. The second-order valence-corrected chi connectivity index (χ2v) is 4.66. The Balaban J connectivity index is 2.29. The number of rotatable bonds is 5. The Morgan fingerprint density at radius 1 is 1.47 bits per heavy atom. The lowest BCUT2D eigenvalue weighted by Crippen LogP contribution is -2.25. The normalized spacial score (nSPS) is 12.6. The zero-order chi connectivity index (χ0) is 13.8. The van der Waals surface area contributed by atoms with Crippen LogP contribution >= 0.6 is 11.6 Å². The average molecular weight is 283 g/mol. The molecule has 2 aromatic rings. The van der Waals surface area contributed by atoms with E-state index >= 15 is 0 Å². The second-order valence-electron chi connectivity index (χ2n) is 4.26. The van der Waals surface area contributed by atoms with E-state index in [9.17, 15) is 4.39 Å². The van der Waals surface area contributed by atoms with Crippen molar-refractivity contribution in [2.75, 3.05) is 6.54 Å². The molecule has 1 N–H and O–H groups in total. The van der Waals surface area contributed by atoms with E-state index in [0.29, 0.717) is 12.0 Å². The summed E-state index contributed by atoms with van der Waals surface area (Å²) in [5.41, 5.74) is 0.553. The van der Waals surface area contributed by atoms with Gasteiger partial charge in [0, 0.05) is 25.1 Å². The first-order valence-corrected chi connectivity index (χ1v) is 6.51. The zero-order valence-electron chi connectivity index (χ0n) is 10.9. The number of hydrogen-bond acceptors (Lipinski definition) is 3. The quantitative estimate of drug-likeness (QED) is 0.916. The predicted molar refractivity (Wildman–Crippen MR) is 72.5 cm³/mol. The fourth-order valence-corrected chi connectivity index (χ4v) is 2.20. The summed E-state index contributed by atoms with van der Waals surface area (Å²) in [7, 11) is 1.82. The summed E-state index contributed by atoms with van der Waals surface area (Å²) in [6.07, 6.45) is 2.05. The molecule has 0 radical (unpaired) electrons. The van der Waals surface area contributed by atoms with Crippen molar-refractivity contribution >= 4 is 11.6 Å². The van der Waals surface area contributed by atoms with E-state index in [0.717, 1.165) is 12.4 Å². The Labute approximate surface area is 116 Å². The molecule has 4 nitrogen and oxygen atoms in total. The first-order valence-electron chi connectivity index (χ1n) is 6.13. The smallest absolute Gasteiger partial charge is 0.146 e. The third kappa shape index (κ3) is 3.11. The van der Waals surface area contributed by atoms with E-state index in [1.54, 1.807) is 22.9 Å². The molecular formula is C13H16ClFN4. The highest BCUT2D eigenvalue weighted by Crippen LogP contribution is 2.25. The second kappa shape index (κ2) is 6.12. The highest BCUT2D eigenvalue weighted by atomic mass is 35.5. The molecule has 0 aliphatic rings. The molecule has 0 saturated heterocycles. The molecule has 1 aromatic carbocycles. The summed E-state index contributed by atoms with van der Waals surface area (Å²) in [4.78, 5) is 4.17. The van der Waals surface area contributed by atoms with Gasteiger partial charge in [0.25, 0.3) is 0 Å². The van der Waals surface area contributed by atoms with Gasteiger partial charge in [-0.15, -0.1) is 0 Å². The Kier molecular flexibility index (Phi) is 4.50. The van der Waals surface area contributed by atoms with Crippen molar-refractivity contribution in [1.82, 2.24) is 20.1 Å². The summed E-state index contributed by atoms with van der Waals surface area (Å²) in [6.45, 7) is 2.71. The van der Waals surface area contributed by atoms with Crippen LogP contribution in [0.3, 0.4) is 0 Å². The van der Waals surface area contributed by atoms with Gasteiger partial charge in [0.15, 0.2) is 0 Å². The fraction of sp³-hybridized carbons (Fsp3) is 0.385. The van der Waals surface area contributed by atoms with Crippen LogP contribution in [-0.2, 0) is 13.5 Å². The third-order valence-corrected chi connectivity index (χ3v) is 3.29. The van der Waals surface area contributed by atoms with Crippen LogP contribution in [0.25, 0.3) is 0 Å². The Morgan fingerprint density at radius 3 is 2.89 bits per heavy atom. The highest BCUT2D eigenvalue weighted by Gasteiger charge is 2.19. The van der Waals surface area contributed by atoms with Crippen LogP contribution in [0.15, 0.2) is 24.5 Å². The molecule has 0 aliphatic carbocycles. The van der Waals surface area contributed by atoms with E-state index in [4.69, 9.17) is 11.6 Å². The summed E-state index contributed by atoms with van der Waals surface area (Å²) < 4.78 is 15.8. The molecule has 1 unspecified atom stereocenters. The molecule has 0 fully saturated rings. The number of halogens is 2. The van der Waals surface area contributed by atoms with E-state index in [-0.39, 0.29) is 16.9 Å². The lowest BCUT2D eigenvalue weighted by atomic mass is 10.0. The highest BCUT2D eigenvalue weighted by molar-refractivity contribution is 6.30. The van der Waals surface area contributed by atoms with Gasteiger partial charge in [0.2, 0.25) is 0 Å². The third-order valence-electron chi connectivity index (χ3n) is 3.00. The van der Waals surface area contributed by atoms with Gasteiger partial charge >= 0.3 is 0 Å². The fourth-order valence-electron chi connectivity index (χ4n) is 2.02. The maximum absolute atomic E-state index is 14.1. The van der Waals surface area contributed by atoms with Gasteiger partial charge in [-0.1, -0.05) is 30.7 Å². The molecule has 0 amide bonds. The van der Waals surface area contributed by atoms with Crippen molar-refractivity contribution in [3.05, 3.63) is 46.8 Å². The van der Waals surface area contributed by atoms with Crippen molar-refractivity contribution in [3.8, 4) is 0 Å². The van der Waals surface area contributed by atoms with Gasteiger partial charge in [0.05, 0.1) is 5.02 Å². The summed E-state index contributed by atoms with van der Waals surface area (Å²) in [6, 6.07) is 4.87. The summed E-state index contributed by atoms with van der Waals surface area (Å²) >= 11 is 5.84. The van der Waals surface area contributed by atoms with Gasteiger partial charge in [-0.2, -0.15) is 5.10 Å². The molecule has 1 atom stereocenters. The van der Waals surface area contributed by atoms with Crippen molar-refractivity contribution < 1.29 is 4.39 Å². The predicted octanol–water partition coefficient (Wildman–Crippen LogP) is 2.50. The molecule has 0 bridgehead atoms. The number of benzene rings is 1. The van der Waals surface area contributed by atoms with Gasteiger partial charge in [-0.05, 0) is 12.6 Å². The van der Waals surface area contributed by atoms with E-state index < -0.39 is 0 Å². The van der Waals surface area contributed by atoms with Crippen LogP contribution in [0, 0.1) is 5.82 Å². The molecule has 1 heterocycles. The maximum atomic E-state index is 14.1. The topological polar surface area (TPSA) is 42.7 Å². The molecule has 0 spiro atoms. The number of likely N-dealkylation sites (N-methyl/N-ethyl adjacent to an activating group) is 1. The van der Waals surface area contributed by atoms with Crippen LogP contribution in [0.2, 0.25) is 5.02 Å². The molecular weight excluding hydrogens is 267 g/mol. The number of hydrogen-bond donors (Lipinski definition) is 1. The Hall–Kier alpha value is -1.46. The van der Waals surface area contributed by atoms with Crippen molar-refractivity contribution in [2.24, 2.45) is 7.05 Å².